The van der Waals surface area contributed by atoms with Crippen LogP contribution in [0.5, 0.6) is 5.88 Å². The molecular weight excluding hydrogens is 298 g/mol. The van der Waals surface area contributed by atoms with Crippen LogP contribution in [0.2, 0.25) is 0 Å². The van der Waals surface area contributed by atoms with Crippen molar-refractivity contribution in [1.82, 2.24) is 15.0 Å². The molecule has 0 unspecified atom stereocenters. The first-order valence-corrected chi connectivity index (χ1v) is 7.56. The smallest absolute Gasteiger partial charge is 0.284 e. The summed E-state index contributed by atoms with van der Waals surface area (Å²) < 4.78 is 10.9. The zero-order chi connectivity index (χ0) is 16.1. The molecule has 1 saturated heterocycles. The van der Waals surface area contributed by atoms with Crippen LogP contribution in [0.15, 0.2) is 30.6 Å². The first-order chi connectivity index (χ1) is 11.3. The molecule has 0 spiro atoms. The van der Waals surface area contributed by atoms with E-state index in [-0.39, 0.29) is 18.6 Å². The highest BCUT2D eigenvalue weighted by Crippen LogP contribution is 2.21. The van der Waals surface area contributed by atoms with Gasteiger partial charge in [0.1, 0.15) is 6.33 Å². The fourth-order valence-electron chi connectivity index (χ4n) is 2.66. The number of nitrogens with zero attached hydrogens (tertiary/aromatic N) is 3. The first kappa shape index (κ1) is 15.6. The molecule has 1 fully saturated rings. The van der Waals surface area contributed by atoms with Crippen molar-refractivity contribution in [2.45, 2.75) is 18.9 Å². The number of carbonyl (C=O) groups excluding carboxylic acids is 1. The number of rotatable bonds is 5. The molecule has 1 aromatic carbocycles. The Bertz CT molecular complexity index is 668. The highest BCUT2D eigenvalue weighted by atomic mass is 16.7. The lowest BCUT2D eigenvalue weighted by Crippen LogP contribution is -2.44. The molecule has 7 heteroatoms. The summed E-state index contributed by atoms with van der Waals surface area (Å²) in [6.45, 7) is 1.14. The average molecular weight is 317 g/mol. The van der Waals surface area contributed by atoms with Crippen LogP contribution in [0.4, 0.5) is 0 Å². The van der Waals surface area contributed by atoms with Gasteiger partial charge < -0.3 is 9.47 Å². The Balaban J connectivity index is 1.67. The molecule has 1 aromatic heterocycles. The second-order valence-corrected chi connectivity index (χ2v) is 5.23. The number of para-hydroxylation sites is 1. The second kappa shape index (κ2) is 7.34. The number of ether oxygens (including phenoxy) is 2. The van der Waals surface area contributed by atoms with Gasteiger partial charge in [-0.2, -0.15) is 0 Å². The Morgan fingerprint density at radius 2 is 2.09 bits per heavy atom. The van der Waals surface area contributed by atoms with Crippen LogP contribution in [0, 0.1) is 0 Å². The summed E-state index contributed by atoms with van der Waals surface area (Å²) in [5.41, 5.74) is 0.776. The van der Waals surface area contributed by atoms with Gasteiger partial charge in [-0.25, -0.2) is 15.0 Å². The molecule has 122 valence electrons. The first-order valence-electron chi connectivity index (χ1n) is 7.56. The number of hydroxylamine groups is 2. The van der Waals surface area contributed by atoms with Gasteiger partial charge in [-0.05, 0) is 25.0 Å². The number of hydrogen-bond donors (Lipinski definition) is 0. The SMILES string of the molecule is CON(C(=O)COc1ncnc2ccccc12)C1CCOCC1. The van der Waals surface area contributed by atoms with Gasteiger partial charge in [0.25, 0.3) is 5.91 Å². The maximum atomic E-state index is 12.4. The molecule has 2 aromatic rings. The molecule has 1 aliphatic rings. The third-order valence-electron chi connectivity index (χ3n) is 3.80. The van der Waals surface area contributed by atoms with Crippen molar-refractivity contribution in [2.24, 2.45) is 0 Å². The van der Waals surface area contributed by atoms with Gasteiger partial charge in [-0.15, -0.1) is 0 Å². The van der Waals surface area contributed by atoms with E-state index in [1.165, 1.54) is 18.5 Å². The van der Waals surface area contributed by atoms with Crippen LogP contribution < -0.4 is 4.74 Å². The van der Waals surface area contributed by atoms with Crippen molar-refractivity contribution in [3.63, 3.8) is 0 Å². The Morgan fingerprint density at radius 1 is 1.30 bits per heavy atom. The normalized spacial score (nSPS) is 15.5. The van der Waals surface area contributed by atoms with E-state index in [0.29, 0.717) is 19.1 Å². The van der Waals surface area contributed by atoms with E-state index in [9.17, 15) is 4.79 Å². The summed E-state index contributed by atoms with van der Waals surface area (Å²) >= 11 is 0. The zero-order valence-electron chi connectivity index (χ0n) is 13.0. The Kier molecular flexibility index (Phi) is 4.99. The van der Waals surface area contributed by atoms with Crippen molar-refractivity contribution in [1.29, 1.82) is 0 Å². The molecular formula is C16H19N3O4. The van der Waals surface area contributed by atoms with Crippen molar-refractivity contribution >= 4 is 16.8 Å². The van der Waals surface area contributed by atoms with E-state index in [1.54, 1.807) is 0 Å². The van der Waals surface area contributed by atoms with Crippen molar-refractivity contribution in [3.8, 4) is 5.88 Å². The summed E-state index contributed by atoms with van der Waals surface area (Å²) in [7, 11) is 1.49. The molecule has 7 nitrogen and oxygen atoms in total. The maximum Gasteiger partial charge on any atom is 0.284 e. The van der Waals surface area contributed by atoms with E-state index >= 15 is 0 Å². The standard InChI is InChI=1S/C16H19N3O4/c1-21-19(12-6-8-22-9-7-12)15(20)10-23-16-13-4-2-3-5-14(13)17-11-18-16/h2-5,11-12H,6-10H2,1H3. The van der Waals surface area contributed by atoms with Crippen LogP contribution in [-0.2, 0) is 14.4 Å². The Morgan fingerprint density at radius 3 is 2.87 bits per heavy atom. The van der Waals surface area contributed by atoms with Gasteiger partial charge in [-0.3, -0.25) is 9.63 Å². The molecule has 1 amide bonds. The molecule has 0 N–H and O–H groups in total. The van der Waals surface area contributed by atoms with Gasteiger partial charge >= 0.3 is 0 Å². The molecule has 0 saturated carbocycles. The zero-order valence-corrected chi connectivity index (χ0v) is 13.0. The fourth-order valence-corrected chi connectivity index (χ4v) is 2.66. The molecule has 0 aliphatic carbocycles. The lowest BCUT2D eigenvalue weighted by molar-refractivity contribution is -0.197. The molecule has 0 bridgehead atoms. The molecule has 23 heavy (non-hydrogen) atoms. The van der Waals surface area contributed by atoms with Crippen molar-refractivity contribution in [3.05, 3.63) is 30.6 Å². The molecule has 1 aliphatic heterocycles. The number of benzene rings is 1. The Labute approximate surface area is 134 Å². The summed E-state index contributed by atoms with van der Waals surface area (Å²) in [5.74, 6) is 0.161. The van der Waals surface area contributed by atoms with E-state index in [2.05, 4.69) is 9.97 Å². The summed E-state index contributed by atoms with van der Waals surface area (Å²) in [5, 5.41) is 2.16. The third-order valence-corrected chi connectivity index (χ3v) is 3.80. The quantitative estimate of drug-likeness (QED) is 0.780. The number of amides is 1. The van der Waals surface area contributed by atoms with E-state index in [1.807, 2.05) is 24.3 Å². The summed E-state index contributed by atoms with van der Waals surface area (Å²) in [6, 6.07) is 7.52. The number of aromatic nitrogens is 2. The van der Waals surface area contributed by atoms with E-state index in [4.69, 9.17) is 14.3 Å². The molecule has 2 heterocycles. The molecule has 0 atom stereocenters. The lowest BCUT2D eigenvalue weighted by atomic mass is 10.1. The highest BCUT2D eigenvalue weighted by Gasteiger charge is 2.26. The van der Waals surface area contributed by atoms with Gasteiger partial charge in [0, 0.05) is 13.2 Å². The highest BCUT2D eigenvalue weighted by molar-refractivity contribution is 5.83. The minimum atomic E-state index is -0.234. The average Bonchev–Trinajstić information content (AvgIpc) is 2.61. The van der Waals surface area contributed by atoms with E-state index < -0.39 is 0 Å². The van der Waals surface area contributed by atoms with Crippen LogP contribution in [0.25, 0.3) is 10.9 Å². The van der Waals surface area contributed by atoms with Gasteiger partial charge in [-0.1, -0.05) is 12.1 Å². The predicted molar refractivity (Wildman–Crippen MR) is 82.7 cm³/mol. The lowest BCUT2D eigenvalue weighted by Gasteiger charge is -2.31. The van der Waals surface area contributed by atoms with Crippen molar-refractivity contribution in [2.75, 3.05) is 26.9 Å². The monoisotopic (exact) mass is 317 g/mol. The fraction of sp³-hybridized carbons (Fsp3) is 0.438. The summed E-state index contributed by atoms with van der Waals surface area (Å²) in [4.78, 5) is 25.9. The topological polar surface area (TPSA) is 73.8 Å². The van der Waals surface area contributed by atoms with Crippen LogP contribution in [-0.4, -0.2) is 53.9 Å². The predicted octanol–water partition coefficient (Wildman–Crippen LogP) is 1.58. The summed E-state index contributed by atoms with van der Waals surface area (Å²) in [6.07, 6.45) is 2.95. The molecule has 0 radical (unpaired) electrons. The van der Waals surface area contributed by atoms with Gasteiger partial charge in [0.15, 0.2) is 6.61 Å². The number of carbonyl (C=O) groups is 1. The van der Waals surface area contributed by atoms with Crippen LogP contribution >= 0.6 is 0 Å². The van der Waals surface area contributed by atoms with E-state index in [0.717, 1.165) is 23.7 Å². The minimum absolute atomic E-state index is 0.0204. The van der Waals surface area contributed by atoms with Gasteiger partial charge in [0.2, 0.25) is 5.88 Å². The largest absolute Gasteiger partial charge is 0.467 e. The van der Waals surface area contributed by atoms with Crippen LogP contribution in [0.3, 0.4) is 0 Å². The number of fused-ring (bicyclic) bond motifs is 1. The van der Waals surface area contributed by atoms with Crippen molar-refractivity contribution < 1.29 is 19.1 Å². The number of hydrogen-bond acceptors (Lipinski definition) is 6. The molecule has 3 rings (SSSR count). The second-order valence-electron chi connectivity index (χ2n) is 5.23. The maximum absolute atomic E-state index is 12.4. The third kappa shape index (κ3) is 3.57. The Hall–Kier alpha value is -2.25. The minimum Gasteiger partial charge on any atom is -0.467 e. The van der Waals surface area contributed by atoms with Gasteiger partial charge in [0.05, 0.1) is 24.1 Å². The van der Waals surface area contributed by atoms with Crippen LogP contribution in [0.1, 0.15) is 12.8 Å².